The van der Waals surface area contributed by atoms with Gasteiger partial charge in [0.2, 0.25) is 0 Å². The smallest absolute Gasteiger partial charge is 0.123 e. The number of fused-ring (bicyclic) bond motifs is 3. The lowest BCUT2D eigenvalue weighted by Gasteiger charge is -2.11. The standard InChI is InChI=1S/C34H34N6/c1-33-13-25(37-29(33)15-33)31-35-17-27(39-31)20-5-3-19(4-6-20)21-7-8-23-12-24(10-9-22(23)11-21)28-18-36-32(40-28)26-14-34(2)16-30(34)38-26/h3-12,17-18,25-26,29-30,37-38H,13-16H2,1-2H3,(H,35,39)(H,36,40)/t25-,26-,29?,30?,33+,34+/m0/s1. The maximum absolute atomic E-state index is 4.72. The minimum Gasteiger partial charge on any atom is -0.341 e. The number of H-pyrrole nitrogens is 2. The molecule has 6 atom stereocenters. The van der Waals surface area contributed by atoms with Gasteiger partial charge >= 0.3 is 0 Å². The zero-order chi connectivity index (χ0) is 26.6. The van der Waals surface area contributed by atoms with Crippen LogP contribution in [0.5, 0.6) is 0 Å². The highest BCUT2D eigenvalue weighted by atomic mass is 15.1. The Bertz CT molecular complexity index is 1780. The van der Waals surface area contributed by atoms with Gasteiger partial charge in [-0.3, -0.25) is 0 Å². The largest absolute Gasteiger partial charge is 0.341 e. The van der Waals surface area contributed by atoms with Crippen molar-refractivity contribution in [1.82, 2.24) is 30.6 Å². The van der Waals surface area contributed by atoms with E-state index in [2.05, 4.69) is 95.1 Å². The summed E-state index contributed by atoms with van der Waals surface area (Å²) in [5, 5.41) is 9.93. The molecular weight excluding hydrogens is 492 g/mol. The Morgan fingerprint density at radius 2 is 1.05 bits per heavy atom. The lowest BCUT2D eigenvalue weighted by molar-refractivity contribution is 0.488. The molecule has 200 valence electrons. The Balaban J connectivity index is 0.925. The molecule has 0 spiro atoms. The van der Waals surface area contributed by atoms with E-state index in [9.17, 15) is 0 Å². The maximum Gasteiger partial charge on any atom is 0.123 e. The molecule has 2 aliphatic carbocycles. The number of hydrogen-bond acceptors (Lipinski definition) is 4. The van der Waals surface area contributed by atoms with Gasteiger partial charge in [0, 0.05) is 17.6 Å². The third-order valence-electron chi connectivity index (χ3n) is 10.4. The van der Waals surface area contributed by atoms with Crippen molar-refractivity contribution in [2.45, 2.75) is 63.7 Å². The Morgan fingerprint density at radius 3 is 1.60 bits per heavy atom. The molecule has 4 aliphatic rings. The molecule has 4 N–H and O–H groups in total. The number of aromatic amines is 2. The third-order valence-corrected chi connectivity index (χ3v) is 10.4. The fourth-order valence-corrected chi connectivity index (χ4v) is 7.43. The van der Waals surface area contributed by atoms with E-state index in [1.165, 1.54) is 58.7 Å². The van der Waals surface area contributed by atoms with Gasteiger partial charge in [0.15, 0.2) is 0 Å². The van der Waals surface area contributed by atoms with Crippen LogP contribution in [-0.2, 0) is 0 Å². The Hall–Kier alpha value is -3.74. The van der Waals surface area contributed by atoms with Gasteiger partial charge in [0.1, 0.15) is 11.6 Å². The predicted molar refractivity (Wildman–Crippen MR) is 159 cm³/mol. The molecule has 5 aromatic rings. The maximum atomic E-state index is 4.72. The number of benzene rings is 3. The minimum atomic E-state index is 0.348. The fourth-order valence-electron chi connectivity index (χ4n) is 7.43. The molecule has 6 nitrogen and oxygen atoms in total. The summed E-state index contributed by atoms with van der Waals surface area (Å²) in [5.41, 5.74) is 7.91. The molecule has 4 fully saturated rings. The molecule has 2 saturated carbocycles. The number of piperidine rings is 2. The van der Waals surface area contributed by atoms with Gasteiger partial charge in [-0.2, -0.15) is 0 Å². The molecular formula is C34H34N6. The minimum absolute atomic E-state index is 0.348. The molecule has 3 aromatic carbocycles. The van der Waals surface area contributed by atoms with Crippen LogP contribution >= 0.6 is 0 Å². The zero-order valence-corrected chi connectivity index (χ0v) is 23.0. The number of rotatable bonds is 5. The number of aromatic nitrogens is 4. The first kappa shape index (κ1) is 23.0. The van der Waals surface area contributed by atoms with Crippen molar-refractivity contribution in [3.05, 3.63) is 84.7 Å². The SMILES string of the molecule is C[C@@]12CC1N[C@H](c1ncc(-c3ccc(-c4ccc5cc(-c6cnc([C@@H]7C[C@]8(C)CC8N7)[nH]6)ccc5c4)cc3)[nH]1)C2. The van der Waals surface area contributed by atoms with E-state index in [1.54, 1.807) is 0 Å². The van der Waals surface area contributed by atoms with Gasteiger partial charge in [0.25, 0.3) is 0 Å². The van der Waals surface area contributed by atoms with E-state index in [0.717, 1.165) is 23.0 Å². The van der Waals surface area contributed by atoms with Crippen molar-refractivity contribution in [1.29, 1.82) is 0 Å². The molecule has 4 heterocycles. The highest BCUT2D eigenvalue weighted by molar-refractivity contribution is 5.90. The summed E-state index contributed by atoms with van der Waals surface area (Å²) in [4.78, 5) is 16.6. The number of nitrogens with zero attached hydrogens (tertiary/aromatic N) is 2. The van der Waals surface area contributed by atoms with Crippen molar-refractivity contribution < 1.29 is 0 Å². The molecule has 0 bridgehead atoms. The molecule has 2 aliphatic heterocycles. The van der Waals surface area contributed by atoms with Gasteiger partial charge in [-0.05, 0) is 76.1 Å². The molecule has 0 amide bonds. The second-order valence-corrected chi connectivity index (χ2v) is 13.4. The van der Waals surface area contributed by atoms with Crippen molar-refractivity contribution >= 4 is 10.8 Å². The first-order valence-electron chi connectivity index (χ1n) is 14.7. The molecule has 2 saturated heterocycles. The van der Waals surface area contributed by atoms with Crippen LogP contribution in [0.1, 0.15) is 63.3 Å². The van der Waals surface area contributed by atoms with Gasteiger partial charge in [-0.25, -0.2) is 9.97 Å². The van der Waals surface area contributed by atoms with Crippen molar-refractivity contribution in [2.75, 3.05) is 0 Å². The summed E-state index contributed by atoms with van der Waals surface area (Å²) in [7, 11) is 0. The fraction of sp³-hybridized carbons (Fsp3) is 0.353. The first-order valence-corrected chi connectivity index (χ1v) is 14.7. The average molecular weight is 527 g/mol. The second kappa shape index (κ2) is 7.93. The van der Waals surface area contributed by atoms with Crippen LogP contribution in [0.4, 0.5) is 0 Å². The van der Waals surface area contributed by atoms with E-state index in [4.69, 9.17) is 9.97 Å². The summed E-state index contributed by atoms with van der Waals surface area (Å²) in [5.74, 6) is 2.13. The Kier molecular flexibility index (Phi) is 4.56. The average Bonchev–Trinajstić information content (AvgIpc) is 3.46. The monoisotopic (exact) mass is 526 g/mol. The summed E-state index contributed by atoms with van der Waals surface area (Å²) in [6.45, 7) is 4.76. The molecule has 40 heavy (non-hydrogen) atoms. The van der Waals surface area contributed by atoms with Gasteiger partial charge in [-0.1, -0.05) is 62.4 Å². The van der Waals surface area contributed by atoms with Gasteiger partial charge < -0.3 is 20.6 Å². The van der Waals surface area contributed by atoms with E-state index in [0.29, 0.717) is 35.0 Å². The van der Waals surface area contributed by atoms with Gasteiger partial charge in [-0.15, -0.1) is 0 Å². The second-order valence-electron chi connectivity index (χ2n) is 13.4. The molecule has 9 rings (SSSR count). The first-order chi connectivity index (χ1) is 19.4. The zero-order valence-electron chi connectivity index (χ0n) is 23.0. The Morgan fingerprint density at radius 1 is 0.575 bits per heavy atom. The van der Waals surface area contributed by atoms with E-state index < -0.39 is 0 Å². The molecule has 2 unspecified atom stereocenters. The summed E-state index contributed by atoms with van der Waals surface area (Å²) in [6.07, 6.45) is 8.91. The van der Waals surface area contributed by atoms with Crippen LogP contribution in [0.3, 0.4) is 0 Å². The van der Waals surface area contributed by atoms with Crippen LogP contribution in [-0.4, -0.2) is 32.0 Å². The Labute approximate surface area is 234 Å². The van der Waals surface area contributed by atoms with E-state index in [-0.39, 0.29) is 0 Å². The topological polar surface area (TPSA) is 81.4 Å². The van der Waals surface area contributed by atoms with Crippen LogP contribution in [0.25, 0.3) is 44.4 Å². The number of nitrogens with one attached hydrogen (secondary N) is 4. The molecule has 2 aromatic heterocycles. The summed E-state index contributed by atoms with van der Waals surface area (Å²) in [6, 6.07) is 24.3. The number of imidazole rings is 2. The number of hydrogen-bond donors (Lipinski definition) is 4. The predicted octanol–water partition coefficient (Wildman–Crippen LogP) is 6.91. The van der Waals surface area contributed by atoms with E-state index in [1.807, 2.05) is 12.4 Å². The van der Waals surface area contributed by atoms with Crippen molar-refractivity contribution in [3.63, 3.8) is 0 Å². The molecule has 6 heteroatoms. The highest BCUT2D eigenvalue weighted by Gasteiger charge is 2.58. The van der Waals surface area contributed by atoms with Crippen LogP contribution in [0, 0.1) is 10.8 Å². The van der Waals surface area contributed by atoms with E-state index >= 15 is 0 Å². The van der Waals surface area contributed by atoms with Crippen molar-refractivity contribution in [3.8, 4) is 33.6 Å². The summed E-state index contributed by atoms with van der Waals surface area (Å²) < 4.78 is 0. The summed E-state index contributed by atoms with van der Waals surface area (Å²) >= 11 is 0. The van der Waals surface area contributed by atoms with Crippen LogP contribution < -0.4 is 10.6 Å². The lowest BCUT2D eigenvalue weighted by Crippen LogP contribution is -2.18. The molecule has 0 radical (unpaired) electrons. The van der Waals surface area contributed by atoms with Crippen LogP contribution in [0.2, 0.25) is 0 Å². The quantitative estimate of drug-likeness (QED) is 0.201. The van der Waals surface area contributed by atoms with Crippen LogP contribution in [0.15, 0.2) is 73.1 Å². The van der Waals surface area contributed by atoms with Crippen molar-refractivity contribution in [2.24, 2.45) is 10.8 Å². The third kappa shape index (κ3) is 3.62. The van der Waals surface area contributed by atoms with Gasteiger partial charge in [0.05, 0.1) is 35.9 Å². The normalized spacial score (nSPS) is 31.9. The highest BCUT2D eigenvalue weighted by Crippen LogP contribution is 2.58. The lowest BCUT2D eigenvalue weighted by atomic mass is 9.98.